The SMILES string of the molecule is C[C@H](OC(=O)c1ccc(NS(=O)(=O)/C=C/c2ccccc2)cc1)C(N)=O. The maximum absolute atomic E-state index is 12.1. The number of carbonyl (C=O) groups is 2. The van der Waals surface area contributed by atoms with E-state index in [2.05, 4.69) is 4.72 Å². The first kappa shape index (κ1) is 19.2. The zero-order valence-electron chi connectivity index (χ0n) is 14.0. The highest BCUT2D eigenvalue weighted by Gasteiger charge is 2.16. The number of sulfonamides is 1. The first-order chi connectivity index (χ1) is 12.3. The van der Waals surface area contributed by atoms with Crippen LogP contribution in [-0.4, -0.2) is 26.4 Å². The zero-order chi connectivity index (χ0) is 19.2. The Morgan fingerprint density at radius 3 is 2.27 bits per heavy atom. The van der Waals surface area contributed by atoms with Crippen LogP contribution >= 0.6 is 0 Å². The average Bonchev–Trinajstić information content (AvgIpc) is 2.61. The molecule has 0 radical (unpaired) electrons. The fourth-order valence-corrected chi connectivity index (χ4v) is 2.76. The van der Waals surface area contributed by atoms with Crippen molar-refractivity contribution in [1.82, 2.24) is 0 Å². The van der Waals surface area contributed by atoms with Crippen molar-refractivity contribution < 1.29 is 22.7 Å². The minimum Gasteiger partial charge on any atom is -0.449 e. The largest absolute Gasteiger partial charge is 0.449 e. The van der Waals surface area contributed by atoms with Crippen LogP contribution in [0.3, 0.4) is 0 Å². The Bertz CT molecular complexity index is 906. The summed E-state index contributed by atoms with van der Waals surface area (Å²) < 4.78 is 31.4. The summed E-state index contributed by atoms with van der Waals surface area (Å²) >= 11 is 0. The van der Waals surface area contributed by atoms with Gasteiger partial charge in [-0.2, -0.15) is 0 Å². The molecule has 0 fully saturated rings. The van der Waals surface area contributed by atoms with Crippen LogP contribution in [0.2, 0.25) is 0 Å². The monoisotopic (exact) mass is 374 g/mol. The second kappa shape index (κ2) is 8.30. The van der Waals surface area contributed by atoms with E-state index in [0.29, 0.717) is 0 Å². The summed E-state index contributed by atoms with van der Waals surface area (Å²) in [4.78, 5) is 22.7. The molecule has 0 aliphatic heterocycles. The van der Waals surface area contributed by atoms with Gasteiger partial charge in [0.1, 0.15) is 0 Å². The third kappa shape index (κ3) is 5.75. The number of ether oxygens (including phenoxy) is 1. The number of benzene rings is 2. The summed E-state index contributed by atoms with van der Waals surface area (Å²) in [5.41, 5.74) is 6.22. The second-order valence-corrected chi connectivity index (χ2v) is 6.95. The lowest BCUT2D eigenvalue weighted by Gasteiger charge is -2.10. The van der Waals surface area contributed by atoms with Crippen LogP contribution in [0.4, 0.5) is 5.69 Å². The molecule has 0 aromatic heterocycles. The van der Waals surface area contributed by atoms with Crippen molar-refractivity contribution in [3.8, 4) is 0 Å². The van der Waals surface area contributed by atoms with Crippen LogP contribution < -0.4 is 10.5 Å². The van der Waals surface area contributed by atoms with E-state index in [1.54, 1.807) is 24.3 Å². The van der Waals surface area contributed by atoms with E-state index in [0.717, 1.165) is 11.0 Å². The molecule has 3 N–H and O–H groups in total. The maximum atomic E-state index is 12.1. The molecule has 0 aliphatic carbocycles. The first-order valence-corrected chi connectivity index (χ1v) is 9.18. The number of hydrogen-bond donors (Lipinski definition) is 2. The molecule has 136 valence electrons. The number of nitrogens with two attached hydrogens (primary N) is 1. The number of nitrogens with one attached hydrogen (secondary N) is 1. The highest BCUT2D eigenvalue weighted by molar-refractivity contribution is 7.95. The molecule has 26 heavy (non-hydrogen) atoms. The number of esters is 1. The zero-order valence-corrected chi connectivity index (χ0v) is 14.8. The third-order valence-electron chi connectivity index (χ3n) is 3.30. The highest BCUT2D eigenvalue weighted by atomic mass is 32.2. The molecule has 0 heterocycles. The molecular weight excluding hydrogens is 356 g/mol. The predicted octanol–water partition coefficient (Wildman–Crippen LogP) is 2.13. The van der Waals surface area contributed by atoms with Gasteiger partial charge in [-0.3, -0.25) is 9.52 Å². The van der Waals surface area contributed by atoms with Crippen LogP contribution in [0.5, 0.6) is 0 Å². The standard InChI is InChI=1S/C18H18N2O5S/c1-13(17(19)21)25-18(22)15-7-9-16(10-8-15)20-26(23,24)12-11-14-5-3-2-4-6-14/h2-13,20H,1H3,(H2,19,21)/b12-11+/t13-/m0/s1. The molecule has 1 atom stereocenters. The van der Waals surface area contributed by atoms with Crippen molar-refractivity contribution in [2.24, 2.45) is 5.73 Å². The van der Waals surface area contributed by atoms with Gasteiger partial charge in [0.25, 0.3) is 15.9 Å². The predicted molar refractivity (Wildman–Crippen MR) is 98.5 cm³/mol. The number of amides is 1. The molecule has 0 aliphatic rings. The Labute approximate surface area is 151 Å². The normalized spacial score (nSPS) is 12.5. The lowest BCUT2D eigenvalue weighted by atomic mass is 10.2. The summed E-state index contributed by atoms with van der Waals surface area (Å²) in [5, 5.41) is 1.05. The van der Waals surface area contributed by atoms with Crippen molar-refractivity contribution in [2.75, 3.05) is 4.72 Å². The summed E-state index contributed by atoms with van der Waals surface area (Å²) in [6, 6.07) is 14.6. The summed E-state index contributed by atoms with van der Waals surface area (Å²) in [6.07, 6.45) is 0.419. The molecule has 8 heteroatoms. The second-order valence-electron chi connectivity index (χ2n) is 5.39. The minimum atomic E-state index is -3.70. The number of carbonyl (C=O) groups excluding carboxylic acids is 2. The number of rotatable bonds is 7. The van der Waals surface area contributed by atoms with E-state index in [-0.39, 0.29) is 11.3 Å². The molecule has 0 unspecified atom stereocenters. The number of primary amides is 1. The number of hydrogen-bond acceptors (Lipinski definition) is 5. The van der Waals surface area contributed by atoms with E-state index in [1.807, 2.05) is 6.07 Å². The molecule has 0 saturated carbocycles. The van der Waals surface area contributed by atoms with Gasteiger partial charge in [-0.15, -0.1) is 0 Å². The Kier molecular flexibility index (Phi) is 6.13. The Morgan fingerprint density at radius 1 is 1.08 bits per heavy atom. The fraction of sp³-hybridized carbons (Fsp3) is 0.111. The van der Waals surface area contributed by atoms with Crippen LogP contribution in [0, 0.1) is 0 Å². The van der Waals surface area contributed by atoms with Crippen molar-refractivity contribution >= 4 is 33.7 Å². The van der Waals surface area contributed by atoms with Crippen LogP contribution in [0.15, 0.2) is 60.0 Å². The molecule has 2 aromatic carbocycles. The van der Waals surface area contributed by atoms with Crippen molar-refractivity contribution in [1.29, 1.82) is 0 Å². The van der Waals surface area contributed by atoms with Gasteiger partial charge in [0.2, 0.25) is 0 Å². The van der Waals surface area contributed by atoms with Gasteiger partial charge >= 0.3 is 5.97 Å². The molecular formula is C18H18N2O5S. The Morgan fingerprint density at radius 2 is 1.69 bits per heavy atom. The van der Waals surface area contributed by atoms with Gasteiger partial charge in [-0.1, -0.05) is 30.3 Å². The van der Waals surface area contributed by atoms with Gasteiger partial charge in [0, 0.05) is 5.69 Å². The number of anilines is 1. The fourth-order valence-electron chi connectivity index (χ4n) is 1.89. The molecule has 2 rings (SSSR count). The van der Waals surface area contributed by atoms with Crippen LogP contribution in [-0.2, 0) is 19.6 Å². The van der Waals surface area contributed by atoms with Crippen LogP contribution in [0.1, 0.15) is 22.8 Å². The topological polar surface area (TPSA) is 116 Å². The highest BCUT2D eigenvalue weighted by Crippen LogP contribution is 2.14. The molecule has 0 bridgehead atoms. The smallest absolute Gasteiger partial charge is 0.338 e. The van der Waals surface area contributed by atoms with E-state index in [9.17, 15) is 18.0 Å². The molecule has 0 saturated heterocycles. The quantitative estimate of drug-likeness (QED) is 0.720. The third-order valence-corrected chi connectivity index (χ3v) is 4.32. The van der Waals surface area contributed by atoms with E-state index in [4.69, 9.17) is 10.5 Å². The van der Waals surface area contributed by atoms with Crippen LogP contribution in [0.25, 0.3) is 6.08 Å². The van der Waals surface area contributed by atoms with Gasteiger partial charge in [-0.05, 0) is 42.8 Å². The van der Waals surface area contributed by atoms with E-state index < -0.39 is 28.0 Å². The molecule has 2 aromatic rings. The first-order valence-electron chi connectivity index (χ1n) is 7.63. The molecule has 1 amide bonds. The van der Waals surface area contributed by atoms with Gasteiger partial charge in [0.15, 0.2) is 6.10 Å². The van der Waals surface area contributed by atoms with Gasteiger partial charge < -0.3 is 10.5 Å². The summed E-state index contributed by atoms with van der Waals surface area (Å²) in [7, 11) is -3.70. The van der Waals surface area contributed by atoms with E-state index >= 15 is 0 Å². The average molecular weight is 374 g/mol. The lowest BCUT2D eigenvalue weighted by molar-refractivity contribution is -0.125. The Hall–Kier alpha value is -3.13. The molecule has 0 spiro atoms. The Balaban J connectivity index is 2.03. The van der Waals surface area contributed by atoms with Crippen molar-refractivity contribution in [3.05, 3.63) is 71.1 Å². The summed E-state index contributed by atoms with van der Waals surface area (Å²) in [5.74, 6) is -1.48. The maximum Gasteiger partial charge on any atom is 0.338 e. The molecule has 7 nitrogen and oxygen atoms in total. The van der Waals surface area contributed by atoms with Crippen molar-refractivity contribution in [2.45, 2.75) is 13.0 Å². The van der Waals surface area contributed by atoms with Crippen molar-refractivity contribution in [3.63, 3.8) is 0 Å². The summed E-state index contributed by atoms with van der Waals surface area (Å²) in [6.45, 7) is 1.36. The van der Waals surface area contributed by atoms with E-state index in [1.165, 1.54) is 37.3 Å². The van der Waals surface area contributed by atoms with Gasteiger partial charge in [0.05, 0.1) is 11.0 Å². The van der Waals surface area contributed by atoms with Gasteiger partial charge in [-0.25, -0.2) is 13.2 Å². The minimum absolute atomic E-state index is 0.167. The lowest BCUT2D eigenvalue weighted by Crippen LogP contribution is -2.30.